The van der Waals surface area contributed by atoms with E-state index in [4.69, 9.17) is 0 Å². The van der Waals surface area contributed by atoms with Gasteiger partial charge < -0.3 is 15.1 Å². The molecule has 0 fully saturated rings. The van der Waals surface area contributed by atoms with Gasteiger partial charge >= 0.3 is 0 Å². The van der Waals surface area contributed by atoms with Gasteiger partial charge in [-0.05, 0) is 31.2 Å². The molecule has 1 aromatic heterocycles. The number of nitrogens with zero attached hydrogens (tertiary/aromatic N) is 5. The van der Waals surface area contributed by atoms with E-state index in [1.165, 1.54) is 11.0 Å². The first-order valence-corrected chi connectivity index (χ1v) is 7.73. The Hall–Kier alpha value is -2.74. The van der Waals surface area contributed by atoms with Gasteiger partial charge in [-0.25, -0.2) is 9.67 Å². The number of carbonyl (C=O) groups excluding carboxylic acids is 2. The van der Waals surface area contributed by atoms with Crippen molar-refractivity contribution in [3.05, 3.63) is 35.9 Å². The molecule has 8 nitrogen and oxygen atoms in total. The van der Waals surface area contributed by atoms with E-state index in [2.05, 4.69) is 15.4 Å². The van der Waals surface area contributed by atoms with Gasteiger partial charge in [0.05, 0.1) is 6.54 Å². The number of benzene rings is 1. The molecule has 2 aromatic rings. The van der Waals surface area contributed by atoms with Crippen LogP contribution in [0.3, 0.4) is 0 Å². The molecular formula is C16H20N6O2. The Balaban J connectivity index is 1.90. The van der Waals surface area contributed by atoms with E-state index in [1.807, 2.05) is 18.2 Å². The summed E-state index contributed by atoms with van der Waals surface area (Å²) in [6.45, 7) is 0.855. The minimum atomic E-state index is -0.185. The Morgan fingerprint density at radius 3 is 2.83 bits per heavy atom. The molecule has 8 heteroatoms. The summed E-state index contributed by atoms with van der Waals surface area (Å²) < 4.78 is 1.47. The van der Waals surface area contributed by atoms with Gasteiger partial charge in [0.25, 0.3) is 5.91 Å². The van der Waals surface area contributed by atoms with Gasteiger partial charge in [0.2, 0.25) is 11.7 Å². The number of rotatable bonds is 4. The standard InChI is InChI=1S/C16H20N6O2/c1-17-9-14(23)20(2)12-5-4-11-6-7-22(13(11)8-12)16(24)15-18-10-19-21(15)3/h4-5,8,10,17H,6-7,9H2,1-3H3. The normalized spacial score (nSPS) is 13.0. The van der Waals surface area contributed by atoms with Gasteiger partial charge in [-0.15, -0.1) is 0 Å². The van der Waals surface area contributed by atoms with Crippen LogP contribution < -0.4 is 15.1 Å². The van der Waals surface area contributed by atoms with Crippen molar-refractivity contribution in [1.29, 1.82) is 0 Å². The number of likely N-dealkylation sites (N-methyl/N-ethyl adjacent to an activating group) is 2. The van der Waals surface area contributed by atoms with Crippen molar-refractivity contribution < 1.29 is 9.59 Å². The molecule has 0 radical (unpaired) electrons. The summed E-state index contributed by atoms with van der Waals surface area (Å²) >= 11 is 0. The molecule has 126 valence electrons. The Labute approximate surface area is 140 Å². The Bertz CT molecular complexity index is 785. The van der Waals surface area contributed by atoms with Crippen molar-refractivity contribution in [2.75, 3.05) is 37.0 Å². The number of aromatic nitrogens is 3. The van der Waals surface area contributed by atoms with E-state index in [0.29, 0.717) is 12.4 Å². The lowest BCUT2D eigenvalue weighted by Crippen LogP contribution is -2.34. The van der Waals surface area contributed by atoms with E-state index < -0.39 is 0 Å². The third kappa shape index (κ3) is 2.76. The lowest BCUT2D eigenvalue weighted by atomic mass is 10.1. The smallest absolute Gasteiger partial charge is 0.295 e. The van der Waals surface area contributed by atoms with Crippen LogP contribution in [0.2, 0.25) is 0 Å². The topological polar surface area (TPSA) is 83.4 Å². The highest BCUT2D eigenvalue weighted by Crippen LogP contribution is 2.32. The molecule has 0 unspecified atom stereocenters. The second-order valence-electron chi connectivity index (χ2n) is 5.71. The predicted molar refractivity (Wildman–Crippen MR) is 90.2 cm³/mol. The number of nitrogens with one attached hydrogen (secondary N) is 1. The second kappa shape index (κ2) is 6.40. The lowest BCUT2D eigenvalue weighted by Gasteiger charge is -2.21. The van der Waals surface area contributed by atoms with Crippen molar-refractivity contribution in [2.24, 2.45) is 7.05 Å². The van der Waals surface area contributed by atoms with Gasteiger partial charge in [0.1, 0.15) is 6.33 Å². The van der Waals surface area contributed by atoms with Gasteiger partial charge in [-0.1, -0.05) is 6.07 Å². The first-order valence-electron chi connectivity index (χ1n) is 7.73. The lowest BCUT2D eigenvalue weighted by molar-refractivity contribution is -0.117. The second-order valence-corrected chi connectivity index (χ2v) is 5.71. The number of hydrogen-bond donors (Lipinski definition) is 1. The molecule has 0 bridgehead atoms. The van der Waals surface area contributed by atoms with E-state index in [0.717, 1.165) is 23.4 Å². The number of amides is 2. The van der Waals surface area contributed by atoms with Gasteiger partial charge in [-0.3, -0.25) is 9.59 Å². The van der Waals surface area contributed by atoms with E-state index in [-0.39, 0.29) is 18.4 Å². The van der Waals surface area contributed by atoms with Crippen LogP contribution in [0.25, 0.3) is 0 Å². The van der Waals surface area contributed by atoms with Crippen LogP contribution in [0.5, 0.6) is 0 Å². The van der Waals surface area contributed by atoms with Crippen molar-refractivity contribution in [3.8, 4) is 0 Å². The minimum absolute atomic E-state index is 0.0402. The Kier molecular flexibility index (Phi) is 4.30. The van der Waals surface area contributed by atoms with Crippen molar-refractivity contribution in [3.63, 3.8) is 0 Å². The summed E-state index contributed by atoms with van der Waals surface area (Å²) in [7, 11) is 5.15. The number of hydrogen-bond acceptors (Lipinski definition) is 5. The summed E-state index contributed by atoms with van der Waals surface area (Å²) in [5.74, 6) is 0.0737. The maximum absolute atomic E-state index is 12.7. The van der Waals surface area contributed by atoms with Crippen LogP contribution in [0.15, 0.2) is 24.5 Å². The maximum Gasteiger partial charge on any atom is 0.295 e. The first-order chi connectivity index (χ1) is 11.5. The average Bonchev–Trinajstić information content (AvgIpc) is 3.19. The third-order valence-corrected chi connectivity index (χ3v) is 4.20. The zero-order valence-corrected chi connectivity index (χ0v) is 14.0. The molecule has 1 N–H and O–H groups in total. The summed E-state index contributed by atoms with van der Waals surface area (Å²) in [4.78, 5) is 32.1. The fourth-order valence-corrected chi connectivity index (χ4v) is 2.81. The minimum Gasteiger partial charge on any atom is -0.314 e. The van der Waals surface area contributed by atoms with Crippen molar-refractivity contribution in [2.45, 2.75) is 6.42 Å². The number of anilines is 2. The van der Waals surface area contributed by atoms with Gasteiger partial charge in [0.15, 0.2) is 0 Å². The molecule has 1 aliphatic rings. The largest absolute Gasteiger partial charge is 0.314 e. The molecule has 0 saturated carbocycles. The molecule has 2 heterocycles. The van der Waals surface area contributed by atoms with Crippen LogP contribution in [0, 0.1) is 0 Å². The van der Waals surface area contributed by atoms with E-state index in [9.17, 15) is 9.59 Å². The zero-order valence-electron chi connectivity index (χ0n) is 14.0. The number of fused-ring (bicyclic) bond motifs is 1. The van der Waals surface area contributed by atoms with E-state index in [1.54, 1.807) is 30.9 Å². The zero-order chi connectivity index (χ0) is 17.3. The average molecular weight is 328 g/mol. The Morgan fingerprint density at radius 1 is 1.38 bits per heavy atom. The Morgan fingerprint density at radius 2 is 2.17 bits per heavy atom. The molecule has 0 atom stereocenters. The van der Waals surface area contributed by atoms with Crippen molar-refractivity contribution >= 4 is 23.2 Å². The number of carbonyl (C=O) groups is 2. The molecule has 3 rings (SSSR count). The quantitative estimate of drug-likeness (QED) is 0.867. The fraction of sp³-hybridized carbons (Fsp3) is 0.375. The van der Waals surface area contributed by atoms with Crippen LogP contribution in [-0.2, 0) is 18.3 Å². The molecule has 2 amide bonds. The molecule has 24 heavy (non-hydrogen) atoms. The summed E-state index contributed by atoms with van der Waals surface area (Å²) in [6, 6.07) is 5.75. The molecule has 0 aliphatic carbocycles. The van der Waals surface area contributed by atoms with Crippen LogP contribution in [-0.4, -0.2) is 53.8 Å². The highest BCUT2D eigenvalue weighted by Gasteiger charge is 2.29. The van der Waals surface area contributed by atoms with E-state index >= 15 is 0 Å². The maximum atomic E-state index is 12.7. The van der Waals surface area contributed by atoms with Crippen molar-refractivity contribution in [1.82, 2.24) is 20.1 Å². The fourth-order valence-electron chi connectivity index (χ4n) is 2.81. The third-order valence-electron chi connectivity index (χ3n) is 4.20. The monoisotopic (exact) mass is 328 g/mol. The molecule has 1 aromatic carbocycles. The summed E-state index contributed by atoms with van der Waals surface area (Å²) in [6.07, 6.45) is 2.15. The first kappa shape index (κ1) is 16.1. The van der Waals surface area contributed by atoms with Gasteiger partial charge in [0, 0.05) is 32.0 Å². The van der Waals surface area contributed by atoms with Gasteiger partial charge in [-0.2, -0.15) is 5.10 Å². The summed E-state index contributed by atoms with van der Waals surface area (Å²) in [5, 5.41) is 6.80. The highest BCUT2D eigenvalue weighted by molar-refractivity contribution is 6.05. The molecule has 1 aliphatic heterocycles. The molecule has 0 saturated heterocycles. The SMILES string of the molecule is CNCC(=O)N(C)c1ccc2c(c1)N(C(=O)c1ncnn1C)CC2. The number of aryl methyl sites for hydroxylation is 1. The van der Waals surface area contributed by atoms with Crippen LogP contribution >= 0.6 is 0 Å². The highest BCUT2D eigenvalue weighted by atomic mass is 16.2. The predicted octanol–water partition coefficient (Wildman–Crippen LogP) is 0.200. The van der Waals surface area contributed by atoms with Crippen LogP contribution in [0.1, 0.15) is 16.2 Å². The van der Waals surface area contributed by atoms with Crippen LogP contribution in [0.4, 0.5) is 11.4 Å². The molecular weight excluding hydrogens is 308 g/mol. The summed E-state index contributed by atoms with van der Waals surface area (Å²) in [5.41, 5.74) is 2.67. The molecule has 0 spiro atoms.